The molecule has 0 spiro atoms. The highest BCUT2D eigenvalue weighted by molar-refractivity contribution is 8.04. The summed E-state index contributed by atoms with van der Waals surface area (Å²) in [7, 11) is -1.31. The summed E-state index contributed by atoms with van der Waals surface area (Å²) in [6, 6.07) is 5.58. The van der Waals surface area contributed by atoms with Crippen LogP contribution in [0.3, 0.4) is 0 Å². The average molecular weight is 577 g/mol. The SMILES string of the molecule is CCC(=Cc1sc2ccc(C(=O)OC)cc2[n+]1CCCS(=O)(=O)[O-])C=C1SC2C=CC(OC)=CC2N1CC. The van der Waals surface area contributed by atoms with Gasteiger partial charge in [0.15, 0.2) is 6.54 Å². The van der Waals surface area contributed by atoms with Gasteiger partial charge >= 0.3 is 5.97 Å². The Labute approximate surface area is 232 Å². The first-order valence-corrected chi connectivity index (χ1v) is 15.7. The Kier molecular flexibility index (Phi) is 9.02. The number of thiazole rings is 1. The van der Waals surface area contributed by atoms with Gasteiger partial charge in [0.2, 0.25) is 5.52 Å². The van der Waals surface area contributed by atoms with Crippen molar-refractivity contribution < 1.29 is 31.8 Å². The lowest BCUT2D eigenvalue weighted by molar-refractivity contribution is -0.668. The van der Waals surface area contributed by atoms with Crippen LogP contribution in [0.25, 0.3) is 16.3 Å². The number of benzene rings is 1. The van der Waals surface area contributed by atoms with Gasteiger partial charge < -0.3 is 18.9 Å². The van der Waals surface area contributed by atoms with E-state index in [-0.39, 0.29) is 12.5 Å². The van der Waals surface area contributed by atoms with Gasteiger partial charge in [-0.1, -0.05) is 36.1 Å². The van der Waals surface area contributed by atoms with Crippen LogP contribution in [0.4, 0.5) is 0 Å². The number of carbonyl (C=O) groups excluding carboxylic acids is 1. The fourth-order valence-corrected chi connectivity index (χ4v) is 7.65. The molecule has 0 N–H and O–H groups in total. The molecule has 2 heterocycles. The van der Waals surface area contributed by atoms with Gasteiger partial charge in [0, 0.05) is 30.9 Å². The Morgan fingerprint density at radius 2 is 2.05 bits per heavy atom. The highest BCUT2D eigenvalue weighted by Gasteiger charge is 2.36. The van der Waals surface area contributed by atoms with Crippen molar-refractivity contribution >= 4 is 55.5 Å². The highest BCUT2D eigenvalue weighted by Crippen LogP contribution is 2.43. The lowest BCUT2D eigenvalue weighted by Crippen LogP contribution is -2.36. The number of carbonyl (C=O) groups is 1. The van der Waals surface area contributed by atoms with Gasteiger partial charge in [0.1, 0.15) is 10.5 Å². The molecule has 1 saturated heterocycles. The molecule has 2 aromatic rings. The van der Waals surface area contributed by atoms with Gasteiger partial charge in [0.05, 0.1) is 46.2 Å². The predicted molar refractivity (Wildman–Crippen MR) is 151 cm³/mol. The van der Waals surface area contributed by atoms with Gasteiger partial charge in [0.25, 0.3) is 5.01 Å². The van der Waals surface area contributed by atoms with E-state index in [0.29, 0.717) is 17.4 Å². The zero-order valence-electron chi connectivity index (χ0n) is 21.9. The van der Waals surface area contributed by atoms with Crippen LogP contribution in [-0.4, -0.2) is 61.6 Å². The number of fused-ring (bicyclic) bond motifs is 2. The molecule has 2 unspecified atom stereocenters. The maximum Gasteiger partial charge on any atom is 0.338 e. The minimum atomic E-state index is -4.32. The molecule has 1 aliphatic carbocycles. The van der Waals surface area contributed by atoms with Crippen molar-refractivity contribution in [1.29, 1.82) is 0 Å². The summed E-state index contributed by atoms with van der Waals surface area (Å²) in [4.78, 5) is 14.5. The molecule has 4 rings (SSSR count). The van der Waals surface area contributed by atoms with E-state index in [1.54, 1.807) is 30.6 Å². The summed E-state index contributed by atoms with van der Waals surface area (Å²) in [5.41, 5.74) is 2.33. The fraction of sp³-hybridized carbons (Fsp3) is 0.407. The number of allylic oxidation sites excluding steroid dienone is 3. The third kappa shape index (κ3) is 6.33. The van der Waals surface area contributed by atoms with E-state index in [4.69, 9.17) is 9.47 Å². The molecule has 204 valence electrons. The van der Waals surface area contributed by atoms with Crippen molar-refractivity contribution in [3.8, 4) is 0 Å². The largest absolute Gasteiger partial charge is 0.748 e. The zero-order chi connectivity index (χ0) is 27.4. The number of hydrogen-bond acceptors (Lipinski definition) is 9. The molecule has 8 nitrogen and oxygen atoms in total. The number of rotatable bonds is 10. The monoisotopic (exact) mass is 576 g/mol. The van der Waals surface area contributed by atoms with Crippen molar-refractivity contribution in [2.75, 3.05) is 26.5 Å². The maximum atomic E-state index is 12.2. The first-order valence-electron chi connectivity index (χ1n) is 12.4. The molecule has 1 aromatic heterocycles. The molecule has 0 radical (unpaired) electrons. The third-order valence-corrected chi connectivity index (χ3v) is 9.75. The molecule has 1 fully saturated rings. The van der Waals surface area contributed by atoms with Gasteiger partial charge in [-0.05, 0) is 49.3 Å². The maximum absolute atomic E-state index is 12.2. The van der Waals surface area contributed by atoms with Gasteiger partial charge in [-0.2, -0.15) is 4.57 Å². The molecule has 0 saturated carbocycles. The molecule has 1 aliphatic heterocycles. The number of esters is 1. The molecule has 0 amide bonds. The topological polar surface area (TPSA) is 99.8 Å². The van der Waals surface area contributed by atoms with Crippen molar-refractivity contribution in [3.63, 3.8) is 0 Å². The zero-order valence-corrected chi connectivity index (χ0v) is 24.3. The van der Waals surface area contributed by atoms with Crippen LogP contribution < -0.4 is 4.57 Å². The second kappa shape index (κ2) is 12.1. The van der Waals surface area contributed by atoms with E-state index in [1.807, 2.05) is 28.5 Å². The quantitative estimate of drug-likeness (QED) is 0.232. The minimum absolute atomic E-state index is 0.178. The summed E-state index contributed by atoms with van der Waals surface area (Å²) in [6.07, 6.45) is 11.7. The summed E-state index contributed by atoms with van der Waals surface area (Å²) in [5, 5.41) is 2.43. The number of thioether (sulfide) groups is 1. The van der Waals surface area contributed by atoms with E-state index < -0.39 is 21.8 Å². The van der Waals surface area contributed by atoms with E-state index >= 15 is 0 Å². The van der Waals surface area contributed by atoms with Crippen LogP contribution in [0.5, 0.6) is 0 Å². The van der Waals surface area contributed by atoms with Crippen LogP contribution in [-0.2, 0) is 26.1 Å². The molecule has 38 heavy (non-hydrogen) atoms. The predicted octanol–water partition coefficient (Wildman–Crippen LogP) is 4.45. The van der Waals surface area contributed by atoms with E-state index in [2.05, 4.69) is 43.1 Å². The normalized spacial score (nSPS) is 20.7. The molecule has 2 atom stereocenters. The second-order valence-electron chi connectivity index (χ2n) is 8.93. The Hall–Kier alpha value is -2.60. The molecule has 11 heteroatoms. The Balaban J connectivity index is 1.73. The first kappa shape index (κ1) is 28.4. The van der Waals surface area contributed by atoms with Gasteiger partial charge in [-0.25, -0.2) is 13.2 Å². The lowest BCUT2D eigenvalue weighted by Gasteiger charge is -2.26. The van der Waals surface area contributed by atoms with Crippen LogP contribution in [0.15, 0.2) is 58.9 Å². The third-order valence-electron chi connectivity index (χ3n) is 6.55. The van der Waals surface area contributed by atoms with Crippen LogP contribution in [0.2, 0.25) is 0 Å². The van der Waals surface area contributed by atoms with Gasteiger partial charge in [-0.15, -0.1) is 0 Å². The number of aromatic nitrogens is 1. The second-order valence-corrected chi connectivity index (χ2v) is 12.7. The van der Waals surface area contributed by atoms with Crippen molar-refractivity contribution in [3.05, 3.63) is 69.4 Å². The summed E-state index contributed by atoms with van der Waals surface area (Å²) < 4.78 is 47.0. The lowest BCUT2D eigenvalue weighted by atomic mass is 10.1. The van der Waals surface area contributed by atoms with Crippen molar-refractivity contribution in [1.82, 2.24) is 4.90 Å². The molecule has 2 aliphatic rings. The summed E-state index contributed by atoms with van der Waals surface area (Å²) in [5.74, 6) is -0.0189. The average Bonchev–Trinajstić information content (AvgIpc) is 3.42. The van der Waals surface area contributed by atoms with Crippen molar-refractivity contribution in [2.24, 2.45) is 0 Å². The molecule has 0 bridgehead atoms. The minimum Gasteiger partial charge on any atom is -0.748 e. The number of hydrogen-bond donors (Lipinski definition) is 0. The van der Waals surface area contributed by atoms with E-state index in [0.717, 1.165) is 39.5 Å². The smallest absolute Gasteiger partial charge is 0.338 e. The number of ether oxygens (including phenoxy) is 2. The standard InChI is InChI=1S/C27H32N2O6S3/c1-5-18(14-25-28(6-2)22-17-20(34-3)9-11-24(22)36-25)15-26-29(12-7-13-38(31,32)33)21-16-19(27(30)35-4)8-10-23(21)37-26/h8-11,14-17,22,24H,5-7,12-13H2,1-4H3. The summed E-state index contributed by atoms with van der Waals surface area (Å²) >= 11 is 3.39. The Bertz CT molecular complexity index is 1440. The van der Waals surface area contributed by atoms with Crippen LogP contribution >= 0.6 is 23.1 Å². The van der Waals surface area contributed by atoms with Crippen molar-refractivity contribution in [2.45, 2.75) is 44.5 Å². The molecular weight excluding hydrogens is 545 g/mol. The number of likely N-dealkylation sites (N-methyl/N-ethyl adjacent to an activating group) is 1. The number of aryl methyl sites for hydroxylation is 1. The fourth-order valence-electron chi connectivity index (χ4n) is 4.62. The first-order chi connectivity index (χ1) is 18.2. The Morgan fingerprint density at radius 1 is 1.26 bits per heavy atom. The van der Waals surface area contributed by atoms with E-state index in [1.165, 1.54) is 12.1 Å². The molecule has 1 aromatic carbocycles. The molecular formula is C27H32N2O6S3. The number of methoxy groups -OCH3 is 2. The Morgan fingerprint density at radius 3 is 2.71 bits per heavy atom. The number of nitrogens with zero attached hydrogens (tertiary/aromatic N) is 2. The van der Waals surface area contributed by atoms with Crippen LogP contribution in [0.1, 0.15) is 42.1 Å². The van der Waals surface area contributed by atoms with E-state index in [9.17, 15) is 17.8 Å². The highest BCUT2D eigenvalue weighted by atomic mass is 32.2. The van der Waals surface area contributed by atoms with Gasteiger partial charge in [-0.3, -0.25) is 0 Å². The van der Waals surface area contributed by atoms with Crippen LogP contribution in [0, 0.1) is 0 Å². The summed E-state index contributed by atoms with van der Waals surface area (Å²) in [6.45, 7) is 5.45.